The molecule has 0 heterocycles. The third-order valence-electron chi connectivity index (χ3n) is 15.3. The van der Waals surface area contributed by atoms with Crippen LogP contribution in [-0.2, 0) is 14.3 Å². The fraction of sp³-hybridized carbons (Fsp3) is 0.909. The Morgan fingerprint density at radius 2 is 0.681 bits per heavy atom. The summed E-state index contributed by atoms with van der Waals surface area (Å²) >= 11 is 0. The van der Waals surface area contributed by atoms with Crippen molar-refractivity contribution in [2.75, 3.05) is 13.2 Å². The molecule has 1 amide bonds. The molecule has 0 aliphatic heterocycles. The van der Waals surface area contributed by atoms with Gasteiger partial charge in [0.15, 0.2) is 0 Å². The first-order valence-corrected chi connectivity index (χ1v) is 32.6. The van der Waals surface area contributed by atoms with Gasteiger partial charge in [0.05, 0.1) is 25.4 Å². The topological polar surface area (TPSA) is 95.9 Å². The lowest BCUT2D eigenvalue weighted by atomic mass is 10.0. The minimum absolute atomic E-state index is 0.0159. The van der Waals surface area contributed by atoms with Crippen LogP contribution >= 0.6 is 0 Å². The van der Waals surface area contributed by atoms with Crippen LogP contribution in [0.3, 0.4) is 0 Å². The summed E-state index contributed by atoms with van der Waals surface area (Å²) in [6.45, 7) is 4.93. The first-order valence-electron chi connectivity index (χ1n) is 32.6. The van der Waals surface area contributed by atoms with Gasteiger partial charge in [0.1, 0.15) is 0 Å². The van der Waals surface area contributed by atoms with E-state index in [2.05, 4.69) is 43.5 Å². The molecule has 0 rings (SSSR count). The number of allylic oxidation sites excluding steroid dienone is 4. The maximum absolute atomic E-state index is 12.5. The number of ether oxygens (including phenoxy) is 1. The van der Waals surface area contributed by atoms with Gasteiger partial charge in [-0.05, 0) is 57.8 Å². The smallest absolute Gasteiger partial charge is 0.305 e. The molecule has 0 aliphatic rings. The second-order valence-corrected chi connectivity index (χ2v) is 22.5. The predicted molar refractivity (Wildman–Crippen MR) is 315 cm³/mol. The van der Waals surface area contributed by atoms with Crippen molar-refractivity contribution in [2.45, 2.75) is 373 Å². The van der Waals surface area contributed by atoms with Crippen molar-refractivity contribution in [2.24, 2.45) is 0 Å². The third kappa shape index (κ3) is 57.6. The monoisotopic (exact) mass is 1010 g/mol. The van der Waals surface area contributed by atoms with Crippen molar-refractivity contribution in [3.8, 4) is 0 Å². The standard InChI is InChI=1S/C66H127NO5/c1-3-5-7-9-11-13-15-17-19-21-23-24-26-27-30-34-38-42-46-50-54-58-64(69)63(62-68)67-65(70)59-55-51-47-43-39-35-31-29-33-37-41-45-49-53-57-61-72-66(71)60-56-52-48-44-40-36-32-28-25-22-20-18-16-14-12-10-8-6-4-2/h29,33,37,41,63-64,68-69H,3-28,30-32,34-36,38-40,42-62H2,1-2H3,(H,67,70)/b33-29-,41-37-. The van der Waals surface area contributed by atoms with Crippen molar-refractivity contribution in [3.05, 3.63) is 24.3 Å². The van der Waals surface area contributed by atoms with Crippen LogP contribution in [0.4, 0.5) is 0 Å². The van der Waals surface area contributed by atoms with Gasteiger partial charge in [-0.3, -0.25) is 9.59 Å². The number of nitrogens with one attached hydrogen (secondary N) is 1. The van der Waals surface area contributed by atoms with Crippen molar-refractivity contribution >= 4 is 11.9 Å². The number of carbonyl (C=O) groups is 2. The number of aliphatic hydroxyl groups excluding tert-OH is 2. The van der Waals surface area contributed by atoms with Crippen LogP contribution in [0.2, 0.25) is 0 Å². The van der Waals surface area contributed by atoms with Crippen LogP contribution < -0.4 is 5.32 Å². The molecule has 2 atom stereocenters. The van der Waals surface area contributed by atoms with Crippen LogP contribution in [0.15, 0.2) is 24.3 Å². The first-order chi connectivity index (χ1) is 35.5. The average molecular weight is 1010 g/mol. The van der Waals surface area contributed by atoms with E-state index in [-0.39, 0.29) is 18.5 Å². The minimum Gasteiger partial charge on any atom is -0.466 e. The summed E-state index contributed by atoms with van der Waals surface area (Å²) in [5, 5.41) is 23.4. The summed E-state index contributed by atoms with van der Waals surface area (Å²) in [4.78, 5) is 24.6. The number of rotatable bonds is 61. The van der Waals surface area contributed by atoms with Gasteiger partial charge in [-0.25, -0.2) is 0 Å². The Kier molecular flexibility index (Phi) is 60.5. The van der Waals surface area contributed by atoms with E-state index >= 15 is 0 Å². The second kappa shape index (κ2) is 61.9. The van der Waals surface area contributed by atoms with Crippen molar-refractivity contribution in [1.82, 2.24) is 5.32 Å². The van der Waals surface area contributed by atoms with E-state index in [0.29, 0.717) is 25.9 Å². The molecule has 0 bridgehead atoms. The average Bonchev–Trinajstić information content (AvgIpc) is 3.38. The molecule has 0 radical (unpaired) electrons. The van der Waals surface area contributed by atoms with Gasteiger partial charge in [0.25, 0.3) is 0 Å². The number of unbranched alkanes of at least 4 members (excludes halogenated alkanes) is 47. The van der Waals surface area contributed by atoms with E-state index in [1.54, 1.807) is 0 Å². The van der Waals surface area contributed by atoms with Gasteiger partial charge in [-0.1, -0.05) is 314 Å². The molecule has 0 aromatic rings. The van der Waals surface area contributed by atoms with Gasteiger partial charge in [0.2, 0.25) is 5.91 Å². The Labute approximate surface area is 450 Å². The molecule has 0 aromatic heterocycles. The quantitative estimate of drug-likeness (QED) is 0.0320. The zero-order valence-corrected chi connectivity index (χ0v) is 48.7. The van der Waals surface area contributed by atoms with Gasteiger partial charge in [-0.15, -0.1) is 0 Å². The zero-order valence-electron chi connectivity index (χ0n) is 48.7. The summed E-state index contributed by atoms with van der Waals surface area (Å²) < 4.78 is 5.47. The lowest BCUT2D eigenvalue weighted by Gasteiger charge is -2.22. The maximum atomic E-state index is 12.5. The molecule has 0 aromatic carbocycles. The fourth-order valence-electron chi connectivity index (χ4n) is 10.3. The molecule has 0 aliphatic carbocycles. The molecular weight excluding hydrogens is 887 g/mol. The Balaban J connectivity index is 3.48. The normalized spacial score (nSPS) is 12.7. The molecule has 0 saturated heterocycles. The maximum Gasteiger partial charge on any atom is 0.305 e. The van der Waals surface area contributed by atoms with Gasteiger partial charge >= 0.3 is 5.97 Å². The highest BCUT2D eigenvalue weighted by Crippen LogP contribution is 2.18. The molecule has 6 nitrogen and oxygen atoms in total. The summed E-state index contributed by atoms with van der Waals surface area (Å²) in [6, 6.07) is -0.559. The number of hydrogen-bond donors (Lipinski definition) is 3. The van der Waals surface area contributed by atoms with Crippen LogP contribution in [-0.4, -0.2) is 47.4 Å². The lowest BCUT2D eigenvalue weighted by Crippen LogP contribution is -2.45. The van der Waals surface area contributed by atoms with E-state index < -0.39 is 12.1 Å². The van der Waals surface area contributed by atoms with Crippen molar-refractivity contribution in [1.29, 1.82) is 0 Å². The van der Waals surface area contributed by atoms with E-state index in [1.165, 1.54) is 250 Å². The minimum atomic E-state index is -0.680. The summed E-state index contributed by atoms with van der Waals surface area (Å²) in [5.41, 5.74) is 0. The molecular formula is C66H127NO5. The second-order valence-electron chi connectivity index (χ2n) is 22.5. The van der Waals surface area contributed by atoms with Crippen molar-refractivity contribution < 1.29 is 24.5 Å². The molecule has 6 heteroatoms. The van der Waals surface area contributed by atoms with Crippen LogP contribution in [0.5, 0.6) is 0 Å². The van der Waals surface area contributed by atoms with Crippen LogP contribution in [0, 0.1) is 0 Å². The van der Waals surface area contributed by atoms with E-state index in [1.807, 2.05) is 0 Å². The van der Waals surface area contributed by atoms with Crippen molar-refractivity contribution in [3.63, 3.8) is 0 Å². The summed E-state index contributed by atoms with van der Waals surface area (Å²) in [5.74, 6) is -0.0696. The zero-order chi connectivity index (χ0) is 52.2. The van der Waals surface area contributed by atoms with Gasteiger partial charge in [-0.2, -0.15) is 0 Å². The molecule has 3 N–H and O–H groups in total. The summed E-state index contributed by atoms with van der Waals surface area (Å²) in [6.07, 6.45) is 76.2. The SMILES string of the molecule is CCCCCCCCCCCCCCCCCCCCCCCC(O)C(CO)NC(=O)CCCCCCCC/C=C\C=C/CCCCCOC(=O)CCCCCCCCCCCCCCCCCCCCC. The fourth-order valence-corrected chi connectivity index (χ4v) is 10.3. The highest BCUT2D eigenvalue weighted by Gasteiger charge is 2.20. The molecule has 0 saturated carbocycles. The van der Waals surface area contributed by atoms with E-state index in [4.69, 9.17) is 4.74 Å². The third-order valence-corrected chi connectivity index (χ3v) is 15.3. The van der Waals surface area contributed by atoms with Crippen LogP contribution in [0.1, 0.15) is 361 Å². The van der Waals surface area contributed by atoms with Crippen LogP contribution in [0.25, 0.3) is 0 Å². The molecule has 0 fully saturated rings. The summed E-state index contributed by atoms with van der Waals surface area (Å²) in [7, 11) is 0. The Morgan fingerprint density at radius 1 is 0.389 bits per heavy atom. The molecule has 72 heavy (non-hydrogen) atoms. The van der Waals surface area contributed by atoms with Gasteiger partial charge < -0.3 is 20.3 Å². The predicted octanol–water partition coefficient (Wildman–Crippen LogP) is 20.6. The molecule has 2 unspecified atom stereocenters. The molecule has 0 spiro atoms. The number of hydrogen-bond acceptors (Lipinski definition) is 5. The number of aliphatic hydroxyl groups is 2. The van der Waals surface area contributed by atoms with E-state index in [0.717, 1.165) is 77.0 Å². The number of carbonyl (C=O) groups excluding carboxylic acids is 2. The molecule has 426 valence electrons. The van der Waals surface area contributed by atoms with Gasteiger partial charge in [0, 0.05) is 12.8 Å². The first kappa shape index (κ1) is 70.3. The Morgan fingerprint density at radius 3 is 1.03 bits per heavy atom. The number of esters is 1. The largest absolute Gasteiger partial charge is 0.466 e. The number of amides is 1. The Bertz CT molecular complexity index is 1120. The Hall–Kier alpha value is -1.66. The van der Waals surface area contributed by atoms with E-state index in [9.17, 15) is 19.8 Å². The highest BCUT2D eigenvalue weighted by atomic mass is 16.5. The highest BCUT2D eigenvalue weighted by molar-refractivity contribution is 5.76. The lowest BCUT2D eigenvalue weighted by molar-refractivity contribution is -0.143.